The lowest BCUT2D eigenvalue weighted by molar-refractivity contribution is -0.124. The SMILES string of the molecule is C=C(C)CCC(=O)C(C)C1CC=C(C)CC1. The molecule has 0 saturated heterocycles. The third-order valence-electron chi connectivity index (χ3n) is 3.69. The van der Waals surface area contributed by atoms with Crippen LogP contribution in [0, 0.1) is 11.8 Å². The van der Waals surface area contributed by atoms with Crippen LogP contribution in [0.3, 0.4) is 0 Å². The average Bonchev–Trinajstić information content (AvgIpc) is 2.26. The summed E-state index contributed by atoms with van der Waals surface area (Å²) in [6, 6.07) is 0. The first-order chi connectivity index (χ1) is 7.50. The zero-order valence-electron chi connectivity index (χ0n) is 10.9. The van der Waals surface area contributed by atoms with Gasteiger partial charge in [0.2, 0.25) is 0 Å². The van der Waals surface area contributed by atoms with E-state index < -0.39 is 0 Å². The molecule has 0 N–H and O–H groups in total. The Bertz CT molecular complexity index is 299. The number of carbonyl (C=O) groups excluding carboxylic acids is 1. The zero-order chi connectivity index (χ0) is 12.1. The van der Waals surface area contributed by atoms with Crippen LogP contribution in [-0.4, -0.2) is 5.78 Å². The first-order valence-electron chi connectivity index (χ1n) is 6.33. The quantitative estimate of drug-likeness (QED) is 0.631. The summed E-state index contributed by atoms with van der Waals surface area (Å²) in [7, 11) is 0. The van der Waals surface area contributed by atoms with E-state index in [0.717, 1.165) is 18.4 Å². The molecule has 0 amide bonds. The Hall–Kier alpha value is -0.850. The van der Waals surface area contributed by atoms with Gasteiger partial charge in [0.15, 0.2) is 0 Å². The molecule has 1 rings (SSSR count). The first-order valence-corrected chi connectivity index (χ1v) is 6.33. The van der Waals surface area contributed by atoms with E-state index in [9.17, 15) is 4.79 Å². The lowest BCUT2D eigenvalue weighted by atomic mass is 9.79. The Morgan fingerprint density at radius 3 is 2.75 bits per heavy atom. The van der Waals surface area contributed by atoms with Crippen LogP contribution in [0.15, 0.2) is 23.8 Å². The Morgan fingerprint density at radius 2 is 2.25 bits per heavy atom. The van der Waals surface area contributed by atoms with Gasteiger partial charge in [-0.15, -0.1) is 6.58 Å². The van der Waals surface area contributed by atoms with Crippen molar-refractivity contribution in [3.63, 3.8) is 0 Å². The summed E-state index contributed by atoms with van der Waals surface area (Å²) in [6.45, 7) is 10.1. The minimum absolute atomic E-state index is 0.226. The van der Waals surface area contributed by atoms with Crippen LogP contribution >= 0.6 is 0 Å². The van der Waals surface area contributed by atoms with Crippen molar-refractivity contribution in [2.45, 2.75) is 52.9 Å². The third kappa shape index (κ3) is 3.96. The molecule has 2 unspecified atom stereocenters. The summed E-state index contributed by atoms with van der Waals surface area (Å²) < 4.78 is 0. The van der Waals surface area contributed by atoms with E-state index in [0.29, 0.717) is 18.1 Å². The summed E-state index contributed by atoms with van der Waals surface area (Å²) in [4.78, 5) is 12.0. The summed E-state index contributed by atoms with van der Waals surface area (Å²) in [5, 5.41) is 0. The number of rotatable bonds is 5. The van der Waals surface area contributed by atoms with E-state index in [-0.39, 0.29) is 5.92 Å². The molecule has 0 aromatic heterocycles. The number of carbonyl (C=O) groups is 1. The second-order valence-electron chi connectivity index (χ2n) is 5.30. The largest absolute Gasteiger partial charge is 0.299 e. The Balaban J connectivity index is 2.42. The van der Waals surface area contributed by atoms with Gasteiger partial charge in [0.25, 0.3) is 0 Å². The van der Waals surface area contributed by atoms with Gasteiger partial charge in [-0.25, -0.2) is 0 Å². The number of ketones is 1. The molecule has 1 heteroatoms. The molecule has 0 saturated carbocycles. The second-order valence-corrected chi connectivity index (χ2v) is 5.30. The van der Waals surface area contributed by atoms with Crippen LogP contribution in [0.2, 0.25) is 0 Å². The zero-order valence-corrected chi connectivity index (χ0v) is 10.9. The summed E-state index contributed by atoms with van der Waals surface area (Å²) in [5.74, 6) is 1.21. The maximum absolute atomic E-state index is 12.0. The van der Waals surface area contributed by atoms with Crippen LogP contribution in [0.25, 0.3) is 0 Å². The molecule has 1 nitrogen and oxygen atoms in total. The summed E-state index contributed by atoms with van der Waals surface area (Å²) in [5.41, 5.74) is 2.60. The van der Waals surface area contributed by atoms with Gasteiger partial charge >= 0.3 is 0 Å². The fraction of sp³-hybridized carbons (Fsp3) is 0.667. The number of Topliss-reactive ketones (excluding diaryl/α,β-unsaturated/α-hetero) is 1. The van der Waals surface area contributed by atoms with Crippen molar-refractivity contribution in [2.75, 3.05) is 0 Å². The molecular formula is C15H24O. The maximum Gasteiger partial charge on any atom is 0.136 e. The van der Waals surface area contributed by atoms with E-state index in [1.54, 1.807) is 0 Å². The predicted octanol–water partition coefficient (Wildman–Crippen LogP) is 4.29. The third-order valence-corrected chi connectivity index (χ3v) is 3.69. The highest BCUT2D eigenvalue weighted by Gasteiger charge is 2.24. The standard InChI is InChI=1S/C15H24O/c1-11(2)5-10-15(16)13(4)14-8-6-12(3)7-9-14/h6,13-14H,1,5,7-10H2,2-4H3. The molecule has 16 heavy (non-hydrogen) atoms. The van der Waals surface area contributed by atoms with Crippen LogP contribution in [0.4, 0.5) is 0 Å². The lowest BCUT2D eigenvalue weighted by Crippen LogP contribution is -2.22. The highest BCUT2D eigenvalue weighted by atomic mass is 16.1. The molecule has 0 heterocycles. The minimum Gasteiger partial charge on any atom is -0.299 e. The molecule has 1 aliphatic rings. The molecule has 0 fully saturated rings. The van der Waals surface area contributed by atoms with Crippen molar-refractivity contribution in [1.29, 1.82) is 0 Å². The van der Waals surface area contributed by atoms with Gasteiger partial charge in [0.05, 0.1) is 0 Å². The highest BCUT2D eigenvalue weighted by molar-refractivity contribution is 5.81. The predicted molar refractivity (Wildman–Crippen MR) is 69.3 cm³/mol. The van der Waals surface area contributed by atoms with E-state index in [4.69, 9.17) is 0 Å². The normalized spacial score (nSPS) is 22.4. The molecule has 2 atom stereocenters. The molecule has 0 spiro atoms. The van der Waals surface area contributed by atoms with Gasteiger partial charge in [-0.2, -0.15) is 0 Å². The van der Waals surface area contributed by atoms with Crippen molar-refractivity contribution >= 4 is 5.78 Å². The van der Waals surface area contributed by atoms with Crippen LogP contribution in [-0.2, 0) is 4.79 Å². The van der Waals surface area contributed by atoms with Crippen molar-refractivity contribution < 1.29 is 4.79 Å². The molecular weight excluding hydrogens is 196 g/mol. The number of hydrogen-bond acceptors (Lipinski definition) is 1. The van der Waals surface area contributed by atoms with Crippen LogP contribution in [0.5, 0.6) is 0 Å². The molecule has 0 aromatic rings. The fourth-order valence-electron chi connectivity index (χ4n) is 2.27. The van der Waals surface area contributed by atoms with Crippen molar-refractivity contribution in [1.82, 2.24) is 0 Å². The van der Waals surface area contributed by atoms with Crippen molar-refractivity contribution in [2.24, 2.45) is 11.8 Å². The van der Waals surface area contributed by atoms with Crippen molar-refractivity contribution in [3.05, 3.63) is 23.8 Å². The van der Waals surface area contributed by atoms with E-state index in [2.05, 4.69) is 26.5 Å². The van der Waals surface area contributed by atoms with E-state index in [1.807, 2.05) is 6.92 Å². The lowest BCUT2D eigenvalue weighted by Gasteiger charge is -2.25. The summed E-state index contributed by atoms with van der Waals surface area (Å²) >= 11 is 0. The maximum atomic E-state index is 12.0. The average molecular weight is 220 g/mol. The Morgan fingerprint density at radius 1 is 1.56 bits per heavy atom. The van der Waals surface area contributed by atoms with Gasteiger partial charge in [-0.3, -0.25) is 4.79 Å². The fourth-order valence-corrected chi connectivity index (χ4v) is 2.27. The van der Waals surface area contributed by atoms with Crippen LogP contribution < -0.4 is 0 Å². The number of hydrogen-bond donors (Lipinski definition) is 0. The molecule has 1 aliphatic carbocycles. The monoisotopic (exact) mass is 220 g/mol. The Labute approximate surface area is 99.6 Å². The number of allylic oxidation sites excluding steroid dienone is 3. The second kappa shape index (κ2) is 6.03. The molecule has 0 aliphatic heterocycles. The van der Waals surface area contributed by atoms with Gasteiger partial charge < -0.3 is 0 Å². The topological polar surface area (TPSA) is 17.1 Å². The first kappa shape index (κ1) is 13.2. The van der Waals surface area contributed by atoms with Crippen molar-refractivity contribution in [3.8, 4) is 0 Å². The van der Waals surface area contributed by atoms with Gasteiger partial charge in [0.1, 0.15) is 5.78 Å². The van der Waals surface area contributed by atoms with Gasteiger partial charge in [-0.05, 0) is 45.4 Å². The van der Waals surface area contributed by atoms with Crippen LogP contribution in [0.1, 0.15) is 52.9 Å². The molecule has 0 bridgehead atoms. The summed E-state index contributed by atoms with van der Waals surface area (Å²) in [6.07, 6.45) is 7.27. The van der Waals surface area contributed by atoms with Gasteiger partial charge in [-0.1, -0.05) is 24.1 Å². The smallest absolute Gasteiger partial charge is 0.136 e. The van der Waals surface area contributed by atoms with E-state index in [1.165, 1.54) is 18.4 Å². The minimum atomic E-state index is 0.226. The Kier molecular flexibility index (Phi) is 4.98. The van der Waals surface area contributed by atoms with E-state index >= 15 is 0 Å². The molecule has 0 radical (unpaired) electrons. The molecule has 0 aromatic carbocycles. The molecule has 90 valence electrons. The van der Waals surface area contributed by atoms with Gasteiger partial charge in [0, 0.05) is 12.3 Å². The highest BCUT2D eigenvalue weighted by Crippen LogP contribution is 2.30.